The Morgan fingerprint density at radius 2 is 2.43 bits per heavy atom. The zero-order chi connectivity index (χ0) is 5.28. The van der Waals surface area contributed by atoms with E-state index in [1.54, 1.807) is 11.8 Å². The maximum absolute atomic E-state index is 5.76. The lowest BCUT2D eigenvalue weighted by Gasteiger charge is -2.01. The molecule has 1 heterocycles. The quantitative estimate of drug-likeness (QED) is 0.458. The van der Waals surface area contributed by atoms with Gasteiger partial charge in [0.25, 0.3) is 0 Å². The van der Waals surface area contributed by atoms with Gasteiger partial charge < -0.3 is 0 Å². The summed E-state index contributed by atoms with van der Waals surface area (Å²) in [6, 6.07) is 0. The lowest BCUT2D eigenvalue weighted by Crippen LogP contribution is -2.03. The first-order valence-corrected chi connectivity index (χ1v) is 3.65. The molecule has 0 aromatic heterocycles. The molecule has 0 spiro atoms. The molecule has 0 fully saturated rings. The van der Waals surface area contributed by atoms with Crippen LogP contribution in [-0.2, 0) is 0 Å². The van der Waals surface area contributed by atoms with Gasteiger partial charge in [-0.2, -0.15) is 0 Å². The molecule has 0 nitrogen and oxygen atoms in total. The Balaban J connectivity index is 2.45. The molecule has 0 aliphatic carbocycles. The third-order valence-electron chi connectivity index (χ3n) is 1.00. The summed E-state index contributed by atoms with van der Waals surface area (Å²) < 4.78 is 0. The summed E-state index contributed by atoms with van der Waals surface area (Å²) in [4.78, 5) is 0. The molecule has 0 N–H and O–H groups in total. The number of halogens is 1. The molecule has 1 aliphatic heterocycles. The summed E-state index contributed by atoms with van der Waals surface area (Å²) in [5.41, 5.74) is 0. The second-order valence-corrected chi connectivity index (χ2v) is 3.41. The molecule has 0 saturated heterocycles. The Morgan fingerprint density at radius 3 is 2.57 bits per heavy atom. The van der Waals surface area contributed by atoms with E-state index in [4.69, 9.17) is 11.6 Å². The highest BCUT2D eigenvalue weighted by Gasteiger charge is 2.14. The van der Waals surface area contributed by atoms with Crippen LogP contribution in [0.1, 0.15) is 6.92 Å². The first kappa shape index (κ1) is 5.52. The van der Waals surface area contributed by atoms with Crippen LogP contribution in [0.4, 0.5) is 0 Å². The van der Waals surface area contributed by atoms with Crippen LogP contribution in [0.2, 0.25) is 0 Å². The minimum atomic E-state index is 0.269. The molecule has 7 heavy (non-hydrogen) atoms. The topological polar surface area (TPSA) is 0 Å². The molecular weight excluding hydrogens is 128 g/mol. The number of rotatable bonds is 0. The zero-order valence-electron chi connectivity index (χ0n) is 4.10. The molecule has 0 amide bonds. The third kappa shape index (κ3) is 1.14. The van der Waals surface area contributed by atoms with Crippen molar-refractivity contribution in [3.63, 3.8) is 0 Å². The standard InChI is InChI=1S/C5H7ClS/c1-4-5(6)2-3-7-4/h2-5H,1H3. The molecular formula is C5H7ClS. The summed E-state index contributed by atoms with van der Waals surface area (Å²) in [7, 11) is 0. The highest BCUT2D eigenvalue weighted by molar-refractivity contribution is 8.03. The monoisotopic (exact) mass is 134 g/mol. The summed E-state index contributed by atoms with van der Waals surface area (Å²) in [6.45, 7) is 2.13. The predicted molar refractivity (Wildman–Crippen MR) is 35.8 cm³/mol. The summed E-state index contributed by atoms with van der Waals surface area (Å²) in [5.74, 6) is 0. The first-order valence-electron chi connectivity index (χ1n) is 2.27. The summed E-state index contributed by atoms with van der Waals surface area (Å²) in [5, 5.41) is 2.91. The van der Waals surface area contributed by atoms with E-state index in [0.717, 1.165) is 0 Å². The lowest BCUT2D eigenvalue weighted by atomic mass is 10.3. The number of alkyl halides is 1. The molecule has 2 atom stereocenters. The third-order valence-corrected chi connectivity index (χ3v) is 2.71. The van der Waals surface area contributed by atoms with Crippen LogP contribution in [-0.4, -0.2) is 10.6 Å². The molecule has 1 rings (SSSR count). The van der Waals surface area contributed by atoms with E-state index < -0.39 is 0 Å². The molecule has 0 saturated carbocycles. The van der Waals surface area contributed by atoms with Crippen LogP contribution in [0.3, 0.4) is 0 Å². The molecule has 40 valence electrons. The molecule has 0 aromatic carbocycles. The van der Waals surface area contributed by atoms with Crippen molar-refractivity contribution in [3.05, 3.63) is 11.5 Å². The maximum Gasteiger partial charge on any atom is 0.0643 e. The van der Waals surface area contributed by atoms with Gasteiger partial charge >= 0.3 is 0 Å². The van der Waals surface area contributed by atoms with Crippen LogP contribution in [0.5, 0.6) is 0 Å². The maximum atomic E-state index is 5.76. The number of hydrogen-bond donors (Lipinski definition) is 0. The Labute approximate surface area is 52.9 Å². The number of hydrogen-bond acceptors (Lipinski definition) is 1. The van der Waals surface area contributed by atoms with Gasteiger partial charge in [-0.15, -0.1) is 23.4 Å². The van der Waals surface area contributed by atoms with E-state index in [2.05, 4.69) is 12.3 Å². The van der Waals surface area contributed by atoms with Gasteiger partial charge in [0.2, 0.25) is 0 Å². The van der Waals surface area contributed by atoms with E-state index >= 15 is 0 Å². The summed E-state index contributed by atoms with van der Waals surface area (Å²) >= 11 is 7.55. The average Bonchev–Trinajstić information content (AvgIpc) is 1.91. The van der Waals surface area contributed by atoms with Crippen LogP contribution < -0.4 is 0 Å². The van der Waals surface area contributed by atoms with E-state index in [1.165, 1.54) is 0 Å². The highest BCUT2D eigenvalue weighted by Crippen LogP contribution is 2.27. The Hall–Kier alpha value is 0.380. The number of thioether (sulfide) groups is 1. The van der Waals surface area contributed by atoms with Gasteiger partial charge in [0.15, 0.2) is 0 Å². The Bertz CT molecular complexity index is 90.1. The van der Waals surface area contributed by atoms with Gasteiger partial charge in [0.1, 0.15) is 0 Å². The van der Waals surface area contributed by atoms with Crippen LogP contribution >= 0.6 is 23.4 Å². The fourth-order valence-electron chi connectivity index (χ4n) is 0.476. The second kappa shape index (κ2) is 2.10. The van der Waals surface area contributed by atoms with E-state index in [-0.39, 0.29) is 5.38 Å². The van der Waals surface area contributed by atoms with Gasteiger partial charge in [-0.05, 0) is 5.41 Å². The Kier molecular flexibility index (Phi) is 1.65. The van der Waals surface area contributed by atoms with Gasteiger partial charge in [0, 0.05) is 5.25 Å². The van der Waals surface area contributed by atoms with Crippen LogP contribution in [0, 0.1) is 0 Å². The normalized spacial score (nSPS) is 39.7. The molecule has 2 unspecified atom stereocenters. The van der Waals surface area contributed by atoms with Crippen molar-refractivity contribution in [2.24, 2.45) is 0 Å². The number of allylic oxidation sites excluding steroid dienone is 1. The van der Waals surface area contributed by atoms with Crippen LogP contribution in [0.15, 0.2) is 11.5 Å². The first-order chi connectivity index (χ1) is 3.30. The van der Waals surface area contributed by atoms with E-state index in [9.17, 15) is 0 Å². The fraction of sp³-hybridized carbons (Fsp3) is 0.600. The van der Waals surface area contributed by atoms with Crippen molar-refractivity contribution in [2.75, 3.05) is 0 Å². The van der Waals surface area contributed by atoms with Gasteiger partial charge in [0.05, 0.1) is 5.38 Å². The minimum Gasteiger partial charge on any atom is -0.129 e. The molecule has 0 aromatic rings. The van der Waals surface area contributed by atoms with Gasteiger partial charge in [-0.1, -0.05) is 13.0 Å². The zero-order valence-corrected chi connectivity index (χ0v) is 5.67. The lowest BCUT2D eigenvalue weighted by molar-refractivity contribution is 1.01. The average molecular weight is 135 g/mol. The highest BCUT2D eigenvalue weighted by atomic mass is 35.5. The van der Waals surface area contributed by atoms with E-state index in [1.807, 2.05) is 6.08 Å². The molecule has 0 radical (unpaired) electrons. The smallest absolute Gasteiger partial charge is 0.0643 e. The predicted octanol–water partition coefficient (Wildman–Crippen LogP) is 2.24. The Morgan fingerprint density at radius 1 is 1.71 bits per heavy atom. The van der Waals surface area contributed by atoms with Crippen molar-refractivity contribution in [3.8, 4) is 0 Å². The largest absolute Gasteiger partial charge is 0.129 e. The van der Waals surface area contributed by atoms with Crippen molar-refractivity contribution >= 4 is 23.4 Å². The van der Waals surface area contributed by atoms with E-state index in [0.29, 0.717) is 5.25 Å². The SMILES string of the molecule is CC1SC=CC1Cl. The van der Waals surface area contributed by atoms with Crippen molar-refractivity contribution in [2.45, 2.75) is 17.6 Å². The summed E-state index contributed by atoms with van der Waals surface area (Å²) in [6.07, 6.45) is 2.02. The van der Waals surface area contributed by atoms with Crippen molar-refractivity contribution < 1.29 is 0 Å². The fourth-order valence-corrected chi connectivity index (χ4v) is 1.56. The molecule has 0 bridgehead atoms. The molecule has 2 heteroatoms. The van der Waals surface area contributed by atoms with Crippen LogP contribution in [0.25, 0.3) is 0 Å². The van der Waals surface area contributed by atoms with Gasteiger partial charge in [-0.3, -0.25) is 0 Å². The van der Waals surface area contributed by atoms with Crippen molar-refractivity contribution in [1.29, 1.82) is 0 Å². The minimum absolute atomic E-state index is 0.269. The van der Waals surface area contributed by atoms with Crippen molar-refractivity contribution in [1.82, 2.24) is 0 Å². The second-order valence-electron chi connectivity index (χ2n) is 1.61. The van der Waals surface area contributed by atoms with Gasteiger partial charge in [-0.25, -0.2) is 0 Å². The molecule has 1 aliphatic rings.